The maximum absolute atomic E-state index is 5.97. The van der Waals surface area contributed by atoms with E-state index in [1.54, 1.807) is 0 Å². The van der Waals surface area contributed by atoms with Crippen molar-refractivity contribution in [3.63, 3.8) is 0 Å². The van der Waals surface area contributed by atoms with Gasteiger partial charge in [-0.05, 0) is 50.2 Å². The van der Waals surface area contributed by atoms with Crippen molar-refractivity contribution >= 4 is 5.82 Å². The van der Waals surface area contributed by atoms with Crippen LogP contribution in [0.25, 0.3) is 0 Å². The number of anilines is 1. The van der Waals surface area contributed by atoms with Crippen molar-refractivity contribution in [1.29, 1.82) is 0 Å². The summed E-state index contributed by atoms with van der Waals surface area (Å²) in [6, 6.07) is 3.05. The van der Waals surface area contributed by atoms with Gasteiger partial charge in [-0.2, -0.15) is 0 Å². The van der Waals surface area contributed by atoms with Crippen LogP contribution in [-0.4, -0.2) is 17.6 Å². The van der Waals surface area contributed by atoms with Gasteiger partial charge in [-0.25, -0.2) is 4.98 Å². The second-order valence-electron chi connectivity index (χ2n) is 5.91. The van der Waals surface area contributed by atoms with Crippen LogP contribution in [0.1, 0.15) is 55.8 Å². The van der Waals surface area contributed by atoms with Gasteiger partial charge >= 0.3 is 0 Å². The Bertz CT molecular complexity index is 452. The molecule has 19 heavy (non-hydrogen) atoms. The van der Waals surface area contributed by atoms with Gasteiger partial charge < -0.3 is 10.6 Å². The second kappa shape index (κ2) is 5.49. The Balaban J connectivity index is 1.92. The largest absolute Gasteiger partial charge is 0.353 e. The van der Waals surface area contributed by atoms with Gasteiger partial charge in [0, 0.05) is 30.4 Å². The molecule has 1 aromatic rings. The fourth-order valence-electron chi connectivity index (χ4n) is 3.08. The number of hydrogen-bond donors (Lipinski definition) is 1. The Morgan fingerprint density at radius 2 is 2.21 bits per heavy atom. The molecule has 3 rings (SSSR count). The number of unbranched alkanes of at least 4 members (excludes halogenated alkanes) is 1. The summed E-state index contributed by atoms with van der Waals surface area (Å²) in [5.74, 6) is 1.19. The first-order chi connectivity index (χ1) is 9.33. The molecule has 0 atom stereocenters. The first kappa shape index (κ1) is 12.9. The second-order valence-corrected chi connectivity index (χ2v) is 5.91. The van der Waals surface area contributed by atoms with Crippen molar-refractivity contribution in [2.24, 2.45) is 5.73 Å². The highest BCUT2D eigenvalue weighted by Gasteiger charge is 2.31. The van der Waals surface area contributed by atoms with E-state index < -0.39 is 0 Å². The van der Waals surface area contributed by atoms with Gasteiger partial charge in [-0.3, -0.25) is 0 Å². The minimum Gasteiger partial charge on any atom is -0.353 e. The van der Waals surface area contributed by atoms with E-state index in [1.165, 1.54) is 61.2 Å². The van der Waals surface area contributed by atoms with Crippen molar-refractivity contribution in [3.8, 4) is 0 Å². The van der Waals surface area contributed by atoms with E-state index in [1.807, 2.05) is 0 Å². The first-order valence-corrected chi connectivity index (χ1v) is 7.82. The molecule has 1 fully saturated rings. The van der Waals surface area contributed by atoms with Gasteiger partial charge in [0.1, 0.15) is 5.82 Å². The van der Waals surface area contributed by atoms with Crippen LogP contribution < -0.4 is 10.6 Å². The molecule has 0 spiro atoms. The molecule has 1 saturated carbocycles. The van der Waals surface area contributed by atoms with Crippen LogP contribution in [0.5, 0.6) is 0 Å². The molecular formula is C16H25N3. The third-order valence-corrected chi connectivity index (χ3v) is 4.34. The van der Waals surface area contributed by atoms with Crippen LogP contribution in [0.2, 0.25) is 0 Å². The van der Waals surface area contributed by atoms with Crippen molar-refractivity contribution in [2.45, 2.75) is 64.5 Å². The zero-order valence-electron chi connectivity index (χ0n) is 12.0. The maximum atomic E-state index is 5.97. The van der Waals surface area contributed by atoms with Crippen molar-refractivity contribution in [2.75, 3.05) is 11.4 Å². The van der Waals surface area contributed by atoms with Crippen molar-refractivity contribution in [1.82, 2.24) is 4.98 Å². The molecule has 3 nitrogen and oxygen atoms in total. The highest BCUT2D eigenvalue weighted by Crippen LogP contribution is 2.35. The third-order valence-electron chi connectivity index (χ3n) is 4.34. The molecule has 1 heterocycles. The maximum Gasteiger partial charge on any atom is 0.133 e. The number of hydrogen-bond acceptors (Lipinski definition) is 3. The number of rotatable bonds is 6. The van der Waals surface area contributed by atoms with Crippen molar-refractivity contribution < 1.29 is 0 Å². The molecule has 0 saturated heterocycles. The average molecular weight is 259 g/mol. The molecule has 0 bridgehead atoms. The lowest BCUT2D eigenvalue weighted by Crippen LogP contribution is -2.29. The Kier molecular flexibility index (Phi) is 3.74. The molecule has 2 N–H and O–H groups in total. The normalized spacial score (nSPS) is 17.6. The van der Waals surface area contributed by atoms with Crippen LogP contribution in [0, 0.1) is 0 Å². The molecule has 104 valence electrons. The molecule has 1 aromatic heterocycles. The van der Waals surface area contributed by atoms with Gasteiger partial charge in [0.05, 0.1) is 0 Å². The number of aromatic nitrogens is 1. The topological polar surface area (TPSA) is 42.2 Å². The van der Waals surface area contributed by atoms with Crippen LogP contribution in [0.3, 0.4) is 0 Å². The van der Waals surface area contributed by atoms with Gasteiger partial charge in [0.25, 0.3) is 0 Å². The van der Waals surface area contributed by atoms with Gasteiger partial charge in [-0.15, -0.1) is 0 Å². The number of aryl methyl sites for hydroxylation is 2. The molecule has 0 unspecified atom stereocenters. The molecule has 0 radical (unpaired) electrons. The predicted molar refractivity (Wildman–Crippen MR) is 79.4 cm³/mol. The van der Waals surface area contributed by atoms with E-state index in [4.69, 9.17) is 10.7 Å². The minimum atomic E-state index is 0.616. The number of pyridine rings is 1. The third kappa shape index (κ3) is 2.62. The highest BCUT2D eigenvalue weighted by molar-refractivity contribution is 5.52. The Labute approximate surface area is 116 Å². The predicted octanol–water partition coefficient (Wildman–Crippen LogP) is 2.80. The Morgan fingerprint density at radius 3 is 2.89 bits per heavy atom. The average Bonchev–Trinajstić information content (AvgIpc) is 3.16. The van der Waals surface area contributed by atoms with Crippen molar-refractivity contribution in [3.05, 3.63) is 22.9 Å². The fraction of sp³-hybridized carbons (Fsp3) is 0.688. The van der Waals surface area contributed by atoms with Crippen LogP contribution in [0.15, 0.2) is 6.07 Å². The summed E-state index contributed by atoms with van der Waals surface area (Å²) in [5.41, 5.74) is 9.99. The lowest BCUT2D eigenvalue weighted by Gasteiger charge is -2.26. The Morgan fingerprint density at radius 1 is 1.37 bits per heavy atom. The molecule has 2 aliphatic carbocycles. The zero-order valence-corrected chi connectivity index (χ0v) is 12.0. The lowest BCUT2D eigenvalue weighted by molar-refractivity contribution is 0.698. The summed E-state index contributed by atoms with van der Waals surface area (Å²) >= 11 is 0. The summed E-state index contributed by atoms with van der Waals surface area (Å²) in [5, 5.41) is 0. The summed E-state index contributed by atoms with van der Waals surface area (Å²) in [7, 11) is 0. The summed E-state index contributed by atoms with van der Waals surface area (Å²) in [4.78, 5) is 7.52. The number of nitrogens with two attached hydrogens (primary N) is 1. The summed E-state index contributed by atoms with van der Waals surface area (Å²) in [6.45, 7) is 4.01. The van der Waals surface area contributed by atoms with Crippen LogP contribution >= 0.6 is 0 Å². The molecule has 0 aliphatic heterocycles. The monoisotopic (exact) mass is 259 g/mol. The quantitative estimate of drug-likeness (QED) is 0.854. The van der Waals surface area contributed by atoms with E-state index >= 15 is 0 Å². The van der Waals surface area contributed by atoms with E-state index in [-0.39, 0.29) is 0 Å². The lowest BCUT2D eigenvalue weighted by atomic mass is 10.1. The highest BCUT2D eigenvalue weighted by atomic mass is 15.2. The molecule has 0 aromatic carbocycles. The molecule has 2 aliphatic rings. The van der Waals surface area contributed by atoms with E-state index in [9.17, 15) is 0 Å². The van der Waals surface area contributed by atoms with Gasteiger partial charge in [0.15, 0.2) is 0 Å². The summed E-state index contributed by atoms with van der Waals surface area (Å²) in [6.07, 6.45) is 8.74. The smallest absolute Gasteiger partial charge is 0.133 e. The van der Waals surface area contributed by atoms with E-state index in [2.05, 4.69) is 17.9 Å². The standard InChI is InChI=1S/C16H25N3/c1-2-3-9-19(14-7-8-14)16-13(11-17)10-12-5-4-6-15(12)18-16/h10,14H,2-9,11,17H2,1H3. The molecule has 0 amide bonds. The summed E-state index contributed by atoms with van der Waals surface area (Å²) < 4.78 is 0. The van der Waals surface area contributed by atoms with E-state index in [0.717, 1.165) is 19.0 Å². The van der Waals surface area contributed by atoms with Gasteiger partial charge in [-0.1, -0.05) is 13.3 Å². The fourth-order valence-corrected chi connectivity index (χ4v) is 3.08. The molecular weight excluding hydrogens is 234 g/mol. The van der Waals surface area contributed by atoms with Crippen LogP contribution in [-0.2, 0) is 19.4 Å². The van der Waals surface area contributed by atoms with Crippen LogP contribution in [0.4, 0.5) is 5.82 Å². The number of nitrogens with zero attached hydrogens (tertiary/aromatic N) is 2. The molecule has 3 heteroatoms. The van der Waals surface area contributed by atoms with Gasteiger partial charge in [0.2, 0.25) is 0 Å². The van der Waals surface area contributed by atoms with E-state index in [0.29, 0.717) is 6.54 Å². The zero-order chi connectivity index (χ0) is 13.2. The first-order valence-electron chi connectivity index (χ1n) is 7.82. The minimum absolute atomic E-state index is 0.616. The number of fused-ring (bicyclic) bond motifs is 1. The SMILES string of the molecule is CCCCN(c1nc2c(cc1CN)CCC2)C1CC1. The Hall–Kier alpha value is -1.09.